The van der Waals surface area contributed by atoms with Gasteiger partial charge in [-0.3, -0.25) is 0 Å². The van der Waals surface area contributed by atoms with Crippen LogP contribution in [-0.4, -0.2) is 21.8 Å². The molecule has 0 saturated heterocycles. The lowest BCUT2D eigenvalue weighted by Gasteiger charge is -2.46. The molecular formula is C13H22O3. The highest BCUT2D eigenvalue weighted by atomic mass is 16.4. The van der Waals surface area contributed by atoms with Crippen molar-refractivity contribution < 1.29 is 15.0 Å². The summed E-state index contributed by atoms with van der Waals surface area (Å²) in [7, 11) is 0. The van der Waals surface area contributed by atoms with E-state index in [1.165, 1.54) is 12.5 Å². The van der Waals surface area contributed by atoms with Crippen molar-refractivity contribution in [3.8, 4) is 0 Å². The van der Waals surface area contributed by atoms with Crippen molar-refractivity contribution >= 4 is 5.97 Å². The highest BCUT2D eigenvalue weighted by Crippen LogP contribution is 2.47. The first-order chi connectivity index (χ1) is 7.27. The van der Waals surface area contributed by atoms with Crippen molar-refractivity contribution in [3.05, 3.63) is 12.2 Å². The number of aliphatic carboxylic acids is 1. The quantitative estimate of drug-likeness (QED) is 0.727. The molecule has 0 aromatic carbocycles. The lowest BCUT2D eigenvalue weighted by atomic mass is 9.62. The van der Waals surface area contributed by atoms with Crippen LogP contribution in [0.15, 0.2) is 12.2 Å². The zero-order valence-corrected chi connectivity index (χ0v) is 10.4. The maximum atomic E-state index is 10.6. The van der Waals surface area contributed by atoms with Crippen LogP contribution >= 0.6 is 0 Å². The van der Waals surface area contributed by atoms with Gasteiger partial charge in [-0.1, -0.05) is 25.8 Å². The van der Waals surface area contributed by atoms with Crippen LogP contribution in [-0.2, 0) is 4.79 Å². The molecule has 1 fully saturated rings. The number of carboxylic acids is 1. The molecule has 1 saturated carbocycles. The normalized spacial score (nSPS) is 31.9. The Morgan fingerprint density at radius 1 is 1.50 bits per heavy atom. The fourth-order valence-electron chi connectivity index (χ4n) is 2.73. The Hall–Kier alpha value is -0.830. The monoisotopic (exact) mass is 226 g/mol. The zero-order valence-electron chi connectivity index (χ0n) is 10.4. The molecule has 2 atom stereocenters. The van der Waals surface area contributed by atoms with E-state index in [1.807, 2.05) is 0 Å². The second-order valence-electron chi connectivity index (χ2n) is 5.59. The molecule has 0 heterocycles. The average molecular weight is 226 g/mol. The maximum absolute atomic E-state index is 10.6. The van der Waals surface area contributed by atoms with E-state index < -0.39 is 11.6 Å². The largest absolute Gasteiger partial charge is 0.478 e. The summed E-state index contributed by atoms with van der Waals surface area (Å²) in [4.78, 5) is 10.6. The molecule has 1 aliphatic rings. The molecule has 0 spiro atoms. The lowest BCUT2D eigenvalue weighted by molar-refractivity contribution is -0.131. The van der Waals surface area contributed by atoms with E-state index in [9.17, 15) is 9.90 Å². The number of carboxylic acid groups (broad SMARTS) is 1. The van der Waals surface area contributed by atoms with Gasteiger partial charge in [-0.25, -0.2) is 4.79 Å². The Bertz CT molecular complexity index is 288. The third-order valence-corrected chi connectivity index (χ3v) is 3.80. The highest BCUT2D eigenvalue weighted by Gasteiger charge is 2.44. The smallest absolute Gasteiger partial charge is 0.327 e. The van der Waals surface area contributed by atoms with Gasteiger partial charge in [0.15, 0.2) is 0 Å². The van der Waals surface area contributed by atoms with Crippen LogP contribution in [0.1, 0.15) is 46.5 Å². The van der Waals surface area contributed by atoms with Gasteiger partial charge in [0.2, 0.25) is 0 Å². The molecule has 1 aliphatic carbocycles. The van der Waals surface area contributed by atoms with Crippen LogP contribution in [0, 0.1) is 11.3 Å². The van der Waals surface area contributed by atoms with Gasteiger partial charge >= 0.3 is 5.97 Å². The van der Waals surface area contributed by atoms with E-state index in [2.05, 4.69) is 6.92 Å². The molecule has 3 heteroatoms. The number of carbonyl (C=O) groups is 1. The summed E-state index contributed by atoms with van der Waals surface area (Å²) < 4.78 is 0. The molecule has 92 valence electrons. The van der Waals surface area contributed by atoms with E-state index in [-0.39, 0.29) is 5.41 Å². The fraction of sp³-hybridized carbons (Fsp3) is 0.769. The first-order valence-electron chi connectivity index (χ1n) is 5.91. The van der Waals surface area contributed by atoms with Crippen LogP contribution in [0.2, 0.25) is 0 Å². The second-order valence-corrected chi connectivity index (χ2v) is 5.59. The molecule has 0 bridgehead atoms. The molecule has 16 heavy (non-hydrogen) atoms. The molecule has 2 unspecified atom stereocenters. The summed E-state index contributed by atoms with van der Waals surface area (Å²) in [6, 6.07) is 0. The van der Waals surface area contributed by atoms with Crippen LogP contribution in [0.25, 0.3) is 0 Å². The van der Waals surface area contributed by atoms with Gasteiger partial charge in [0, 0.05) is 11.5 Å². The summed E-state index contributed by atoms with van der Waals surface area (Å²) in [5.74, 6) is -0.402. The summed E-state index contributed by atoms with van der Waals surface area (Å²) in [5, 5.41) is 19.0. The lowest BCUT2D eigenvalue weighted by Crippen LogP contribution is -2.45. The van der Waals surface area contributed by atoms with Crippen LogP contribution in [0.3, 0.4) is 0 Å². The molecular weight excluding hydrogens is 204 g/mol. The predicted molar refractivity (Wildman–Crippen MR) is 63.1 cm³/mol. The molecule has 0 aromatic heterocycles. The summed E-state index contributed by atoms with van der Waals surface area (Å²) >= 11 is 0. The first kappa shape index (κ1) is 13.2. The SMILES string of the molecule is CC1CCCC(C=CC(=O)O)(C(C)(C)O)C1. The van der Waals surface area contributed by atoms with Crippen LogP contribution in [0.4, 0.5) is 0 Å². The minimum atomic E-state index is -0.943. The Morgan fingerprint density at radius 3 is 2.56 bits per heavy atom. The summed E-state index contributed by atoms with van der Waals surface area (Å²) in [6.07, 6.45) is 6.82. The molecule has 3 nitrogen and oxygen atoms in total. The molecule has 0 aliphatic heterocycles. The van der Waals surface area contributed by atoms with E-state index >= 15 is 0 Å². The van der Waals surface area contributed by atoms with E-state index in [4.69, 9.17) is 5.11 Å². The minimum Gasteiger partial charge on any atom is -0.478 e. The minimum absolute atomic E-state index is 0.386. The van der Waals surface area contributed by atoms with Gasteiger partial charge in [-0.15, -0.1) is 0 Å². The number of hydrogen-bond acceptors (Lipinski definition) is 2. The van der Waals surface area contributed by atoms with E-state index in [0.29, 0.717) is 5.92 Å². The number of aliphatic hydroxyl groups is 1. The topological polar surface area (TPSA) is 57.5 Å². The Morgan fingerprint density at radius 2 is 2.12 bits per heavy atom. The van der Waals surface area contributed by atoms with Crippen molar-refractivity contribution in [2.24, 2.45) is 11.3 Å². The van der Waals surface area contributed by atoms with Crippen molar-refractivity contribution in [2.75, 3.05) is 0 Å². The Labute approximate surface area is 97.2 Å². The molecule has 0 aromatic rings. The fourth-order valence-corrected chi connectivity index (χ4v) is 2.73. The summed E-state index contributed by atoms with van der Waals surface area (Å²) in [6.45, 7) is 5.71. The van der Waals surface area contributed by atoms with Gasteiger partial charge in [-0.2, -0.15) is 0 Å². The van der Waals surface area contributed by atoms with Gasteiger partial charge < -0.3 is 10.2 Å². The van der Waals surface area contributed by atoms with E-state index in [1.54, 1.807) is 19.9 Å². The second kappa shape index (κ2) is 4.58. The van der Waals surface area contributed by atoms with Crippen LogP contribution < -0.4 is 0 Å². The molecule has 0 radical (unpaired) electrons. The average Bonchev–Trinajstić information content (AvgIpc) is 2.13. The summed E-state index contributed by atoms with van der Waals surface area (Å²) in [5.41, 5.74) is -1.25. The van der Waals surface area contributed by atoms with Crippen molar-refractivity contribution in [1.82, 2.24) is 0 Å². The maximum Gasteiger partial charge on any atom is 0.327 e. The van der Waals surface area contributed by atoms with Gasteiger partial charge in [0.25, 0.3) is 0 Å². The number of hydrogen-bond donors (Lipinski definition) is 2. The van der Waals surface area contributed by atoms with Crippen LogP contribution in [0.5, 0.6) is 0 Å². The van der Waals surface area contributed by atoms with Crippen molar-refractivity contribution in [1.29, 1.82) is 0 Å². The van der Waals surface area contributed by atoms with Gasteiger partial charge in [-0.05, 0) is 32.6 Å². The van der Waals surface area contributed by atoms with Gasteiger partial charge in [0.1, 0.15) is 0 Å². The van der Waals surface area contributed by atoms with Gasteiger partial charge in [0.05, 0.1) is 5.60 Å². The molecule has 2 N–H and O–H groups in total. The van der Waals surface area contributed by atoms with Crippen molar-refractivity contribution in [3.63, 3.8) is 0 Å². The first-order valence-corrected chi connectivity index (χ1v) is 5.91. The standard InChI is InChI=1S/C13H22O3/c1-10-5-4-7-13(9-10,12(2,3)16)8-6-11(14)15/h6,8,10,16H,4-5,7,9H2,1-3H3,(H,14,15). The van der Waals surface area contributed by atoms with E-state index in [0.717, 1.165) is 19.3 Å². The third-order valence-electron chi connectivity index (χ3n) is 3.80. The van der Waals surface area contributed by atoms with Crippen molar-refractivity contribution in [2.45, 2.75) is 52.1 Å². The zero-order chi connectivity index (χ0) is 12.4. The highest BCUT2D eigenvalue weighted by molar-refractivity contribution is 5.79. The third kappa shape index (κ3) is 2.85. The number of rotatable bonds is 3. The molecule has 0 amide bonds. The Balaban J connectivity index is 2.97. The molecule has 1 rings (SSSR count). The Kier molecular flexibility index (Phi) is 3.79. The predicted octanol–water partition coefficient (Wildman–Crippen LogP) is 2.59.